The first-order valence-corrected chi connectivity index (χ1v) is 6.92. The van der Waals surface area contributed by atoms with Gasteiger partial charge in [0.2, 0.25) is 0 Å². The zero-order valence-corrected chi connectivity index (χ0v) is 12.2. The zero-order chi connectivity index (χ0) is 16.5. The third-order valence-corrected chi connectivity index (χ3v) is 3.36. The summed E-state index contributed by atoms with van der Waals surface area (Å²) in [5, 5.41) is 7.67. The fourth-order valence-corrected chi connectivity index (χ4v) is 2.05. The van der Waals surface area contributed by atoms with Gasteiger partial charge < -0.3 is 0 Å². The fourth-order valence-electron chi connectivity index (χ4n) is 1.75. The lowest BCUT2D eigenvalue weighted by molar-refractivity contribution is -0.142. The molecular formula is C13H7BrF6N2. The van der Waals surface area contributed by atoms with Gasteiger partial charge in [-0.1, -0.05) is 22.0 Å². The lowest BCUT2D eigenvalue weighted by Crippen LogP contribution is -2.12. The molecule has 2 rings (SSSR count). The number of hydrogen-bond donors (Lipinski definition) is 0. The van der Waals surface area contributed by atoms with Crippen LogP contribution in [0.1, 0.15) is 16.8 Å². The van der Waals surface area contributed by atoms with Crippen LogP contribution < -0.4 is 0 Å². The Morgan fingerprint density at radius 1 is 0.864 bits per heavy atom. The highest BCUT2D eigenvalue weighted by Crippen LogP contribution is 2.40. The van der Waals surface area contributed by atoms with Crippen molar-refractivity contribution in [3.8, 4) is 11.3 Å². The third kappa shape index (κ3) is 3.57. The number of hydrogen-bond acceptors (Lipinski definition) is 2. The zero-order valence-electron chi connectivity index (χ0n) is 10.6. The number of rotatable bonds is 2. The summed E-state index contributed by atoms with van der Waals surface area (Å²) < 4.78 is 76.8. The number of alkyl halides is 7. The number of benzene rings is 1. The van der Waals surface area contributed by atoms with Gasteiger partial charge in [-0.2, -0.15) is 36.5 Å². The second-order valence-electron chi connectivity index (χ2n) is 4.30. The predicted molar refractivity (Wildman–Crippen MR) is 70.1 cm³/mol. The third-order valence-electron chi connectivity index (χ3n) is 2.78. The molecular weight excluding hydrogens is 378 g/mol. The average molecular weight is 385 g/mol. The van der Waals surface area contributed by atoms with Gasteiger partial charge in [0.1, 0.15) is 0 Å². The van der Waals surface area contributed by atoms with E-state index in [0.717, 1.165) is 6.07 Å². The van der Waals surface area contributed by atoms with Crippen molar-refractivity contribution in [2.24, 2.45) is 0 Å². The quantitative estimate of drug-likeness (QED) is 0.533. The van der Waals surface area contributed by atoms with Crippen molar-refractivity contribution in [3.05, 3.63) is 47.2 Å². The van der Waals surface area contributed by atoms with E-state index >= 15 is 0 Å². The molecule has 2 aromatic rings. The van der Waals surface area contributed by atoms with E-state index in [4.69, 9.17) is 0 Å². The summed E-state index contributed by atoms with van der Waals surface area (Å²) in [6.45, 7) is 0. The minimum Gasteiger partial charge on any atom is -0.166 e. The second-order valence-corrected chi connectivity index (χ2v) is 4.86. The molecule has 22 heavy (non-hydrogen) atoms. The Morgan fingerprint density at radius 3 is 2.00 bits per heavy atom. The topological polar surface area (TPSA) is 25.8 Å². The smallest absolute Gasteiger partial charge is 0.166 e. The minimum atomic E-state index is -4.94. The second kappa shape index (κ2) is 5.86. The Hall–Kier alpha value is -1.64. The van der Waals surface area contributed by atoms with Gasteiger partial charge in [-0.05, 0) is 24.3 Å². The van der Waals surface area contributed by atoms with Crippen LogP contribution in [0, 0.1) is 0 Å². The van der Waals surface area contributed by atoms with Gasteiger partial charge in [0.05, 0.1) is 22.5 Å². The van der Waals surface area contributed by atoms with Crippen molar-refractivity contribution in [2.45, 2.75) is 17.7 Å². The van der Waals surface area contributed by atoms with Gasteiger partial charge in [0.15, 0.2) is 0 Å². The molecule has 2 nitrogen and oxygen atoms in total. The van der Waals surface area contributed by atoms with Crippen LogP contribution in [0.2, 0.25) is 0 Å². The highest BCUT2D eigenvalue weighted by atomic mass is 79.9. The predicted octanol–water partition coefficient (Wildman–Crippen LogP) is 5.08. The molecule has 1 aromatic heterocycles. The van der Waals surface area contributed by atoms with E-state index in [9.17, 15) is 26.3 Å². The van der Waals surface area contributed by atoms with Gasteiger partial charge in [-0.3, -0.25) is 0 Å². The van der Waals surface area contributed by atoms with Crippen molar-refractivity contribution >= 4 is 15.9 Å². The van der Waals surface area contributed by atoms with E-state index in [1.54, 1.807) is 0 Å². The molecule has 0 bridgehead atoms. The molecule has 0 atom stereocenters. The monoisotopic (exact) mass is 384 g/mol. The molecule has 0 aliphatic carbocycles. The number of nitrogens with zero attached hydrogens (tertiary/aromatic N) is 2. The standard InChI is InChI=1S/C13H7BrF6N2/c14-6-8-2-4-11(22-21-8)9-3-1-7(12(15,16)17)5-10(9)13(18,19)20/h1-5H,6H2. The summed E-state index contributed by atoms with van der Waals surface area (Å²) in [5.74, 6) is 0. The van der Waals surface area contributed by atoms with Crippen molar-refractivity contribution in [2.75, 3.05) is 0 Å². The number of aromatic nitrogens is 2. The maximum absolute atomic E-state index is 13.0. The highest BCUT2D eigenvalue weighted by Gasteiger charge is 2.38. The van der Waals surface area contributed by atoms with Gasteiger partial charge in [-0.25, -0.2) is 0 Å². The van der Waals surface area contributed by atoms with E-state index in [1.807, 2.05) is 0 Å². The lowest BCUT2D eigenvalue weighted by atomic mass is 10.0. The van der Waals surface area contributed by atoms with Crippen LogP contribution in [0.5, 0.6) is 0 Å². The molecule has 0 saturated carbocycles. The summed E-state index contributed by atoms with van der Waals surface area (Å²) in [5.41, 5.74) is -2.87. The molecule has 0 fully saturated rings. The largest absolute Gasteiger partial charge is 0.417 e. The van der Waals surface area contributed by atoms with Crippen LogP contribution in [0.4, 0.5) is 26.3 Å². The first kappa shape index (κ1) is 16.7. The molecule has 0 unspecified atom stereocenters. The van der Waals surface area contributed by atoms with Gasteiger partial charge in [0.25, 0.3) is 0 Å². The van der Waals surface area contributed by atoms with Crippen LogP contribution >= 0.6 is 15.9 Å². The fraction of sp³-hybridized carbons (Fsp3) is 0.231. The van der Waals surface area contributed by atoms with Crippen molar-refractivity contribution < 1.29 is 26.3 Å². The minimum absolute atomic E-state index is 0.0788. The Labute approximate surface area is 129 Å². The Morgan fingerprint density at radius 2 is 1.55 bits per heavy atom. The van der Waals surface area contributed by atoms with Gasteiger partial charge in [-0.15, -0.1) is 0 Å². The summed E-state index contributed by atoms with van der Waals surface area (Å²) in [7, 11) is 0. The van der Waals surface area contributed by atoms with E-state index in [1.165, 1.54) is 12.1 Å². The van der Waals surface area contributed by atoms with Crippen molar-refractivity contribution in [1.29, 1.82) is 0 Å². The summed E-state index contributed by atoms with van der Waals surface area (Å²) in [6, 6.07) is 4.14. The van der Waals surface area contributed by atoms with Gasteiger partial charge in [0, 0.05) is 10.9 Å². The molecule has 0 amide bonds. The maximum Gasteiger partial charge on any atom is 0.417 e. The molecule has 0 saturated heterocycles. The highest BCUT2D eigenvalue weighted by molar-refractivity contribution is 9.08. The summed E-state index contributed by atoms with van der Waals surface area (Å²) in [4.78, 5) is 0. The van der Waals surface area contributed by atoms with Crippen LogP contribution in [-0.2, 0) is 17.7 Å². The van der Waals surface area contributed by atoms with Gasteiger partial charge >= 0.3 is 12.4 Å². The molecule has 0 aliphatic rings. The molecule has 0 aliphatic heterocycles. The Kier molecular flexibility index (Phi) is 4.46. The maximum atomic E-state index is 13.0. The molecule has 118 valence electrons. The molecule has 9 heteroatoms. The summed E-state index contributed by atoms with van der Waals surface area (Å²) >= 11 is 3.11. The molecule has 1 aromatic carbocycles. The van der Waals surface area contributed by atoms with Crippen molar-refractivity contribution in [3.63, 3.8) is 0 Å². The molecule has 0 radical (unpaired) electrons. The molecule has 0 spiro atoms. The summed E-state index contributed by atoms with van der Waals surface area (Å²) in [6.07, 6.45) is -9.80. The van der Waals surface area contributed by atoms with Crippen LogP contribution in [0.15, 0.2) is 30.3 Å². The first-order valence-electron chi connectivity index (χ1n) is 5.80. The Balaban J connectivity index is 2.59. The van der Waals surface area contributed by atoms with E-state index < -0.39 is 29.0 Å². The average Bonchev–Trinajstić information content (AvgIpc) is 2.45. The number of halogens is 7. The van der Waals surface area contributed by atoms with Crippen molar-refractivity contribution in [1.82, 2.24) is 10.2 Å². The van der Waals surface area contributed by atoms with E-state index in [-0.39, 0.29) is 11.8 Å². The van der Waals surface area contributed by atoms with Crippen LogP contribution in [0.25, 0.3) is 11.3 Å². The normalized spacial score (nSPS) is 12.5. The van der Waals surface area contributed by atoms with Crippen LogP contribution in [-0.4, -0.2) is 10.2 Å². The lowest BCUT2D eigenvalue weighted by Gasteiger charge is -2.15. The molecule has 0 N–H and O–H groups in total. The first-order chi connectivity index (χ1) is 10.1. The Bertz CT molecular complexity index is 664. The molecule has 1 heterocycles. The van der Waals surface area contributed by atoms with E-state index in [2.05, 4.69) is 26.1 Å². The van der Waals surface area contributed by atoms with E-state index in [0.29, 0.717) is 17.1 Å². The van der Waals surface area contributed by atoms with Crippen LogP contribution in [0.3, 0.4) is 0 Å². The SMILES string of the molecule is FC(F)(F)c1ccc(-c2ccc(CBr)nn2)c(C(F)(F)F)c1.